The van der Waals surface area contributed by atoms with Crippen molar-refractivity contribution in [2.75, 3.05) is 6.61 Å². The normalized spacial score (nSPS) is 11.9. The van der Waals surface area contributed by atoms with E-state index in [1.54, 1.807) is 6.07 Å². The van der Waals surface area contributed by atoms with Crippen LogP contribution in [-0.4, -0.2) is 11.7 Å². The molecule has 3 rings (SSSR count). The van der Waals surface area contributed by atoms with Crippen LogP contribution in [0.15, 0.2) is 78.9 Å². The van der Waals surface area contributed by atoms with Crippen molar-refractivity contribution < 1.29 is 9.84 Å². The van der Waals surface area contributed by atoms with Crippen molar-refractivity contribution >= 4 is 0 Å². The molecule has 0 aliphatic rings. The Morgan fingerprint density at radius 3 is 2.19 bits per heavy atom. The molecule has 0 saturated heterocycles. The van der Waals surface area contributed by atoms with Gasteiger partial charge >= 0.3 is 0 Å². The molecule has 3 heteroatoms. The second kappa shape index (κ2) is 9.07. The zero-order valence-corrected chi connectivity index (χ0v) is 15.1. The topological polar surface area (TPSA) is 41.5 Å². The van der Waals surface area contributed by atoms with Crippen LogP contribution in [0.25, 0.3) is 0 Å². The van der Waals surface area contributed by atoms with Crippen molar-refractivity contribution in [3.8, 4) is 11.5 Å². The predicted molar refractivity (Wildman–Crippen MR) is 105 cm³/mol. The fourth-order valence-corrected chi connectivity index (χ4v) is 3.05. The number of hydrogen-bond acceptors (Lipinski definition) is 3. The number of rotatable bonds is 8. The number of phenolic OH excluding ortho intramolecular Hbond substituents is 1. The highest BCUT2D eigenvalue weighted by molar-refractivity contribution is 5.39. The maximum Gasteiger partial charge on any atom is 0.123 e. The molecule has 0 aliphatic carbocycles. The fraction of sp³-hybridized carbons (Fsp3) is 0.217. The van der Waals surface area contributed by atoms with Crippen molar-refractivity contribution in [3.05, 3.63) is 95.6 Å². The molecule has 3 aromatic carbocycles. The minimum absolute atomic E-state index is 0.0731. The molecule has 0 aliphatic heterocycles. The SMILES string of the molecule is CCOc1cc(O)cc(C(Cc2ccccc2)NCc2ccccc2)c1. The summed E-state index contributed by atoms with van der Waals surface area (Å²) in [5, 5.41) is 13.7. The number of phenols is 1. The second-order valence-corrected chi connectivity index (χ2v) is 6.30. The van der Waals surface area contributed by atoms with Gasteiger partial charge in [0.05, 0.1) is 6.61 Å². The molecule has 134 valence electrons. The standard InChI is InChI=1S/C23H25NO2/c1-2-26-22-15-20(14-21(25)16-22)23(13-18-9-5-3-6-10-18)24-17-19-11-7-4-8-12-19/h3-12,14-16,23-25H,2,13,17H2,1H3. The fourth-order valence-electron chi connectivity index (χ4n) is 3.05. The molecule has 3 aromatic rings. The van der Waals surface area contributed by atoms with E-state index in [1.807, 2.05) is 43.3 Å². The summed E-state index contributed by atoms with van der Waals surface area (Å²) in [7, 11) is 0. The van der Waals surface area contributed by atoms with E-state index >= 15 is 0 Å². The van der Waals surface area contributed by atoms with Gasteiger partial charge in [-0.2, -0.15) is 0 Å². The molecule has 0 fully saturated rings. The summed E-state index contributed by atoms with van der Waals surface area (Å²) in [6.45, 7) is 3.28. The van der Waals surface area contributed by atoms with Gasteiger partial charge in [0.15, 0.2) is 0 Å². The quantitative estimate of drug-likeness (QED) is 0.611. The van der Waals surface area contributed by atoms with Crippen LogP contribution in [0.2, 0.25) is 0 Å². The number of benzene rings is 3. The van der Waals surface area contributed by atoms with Crippen LogP contribution >= 0.6 is 0 Å². The van der Waals surface area contributed by atoms with Crippen LogP contribution in [0.4, 0.5) is 0 Å². The number of ether oxygens (including phenoxy) is 1. The molecule has 0 bridgehead atoms. The van der Waals surface area contributed by atoms with Crippen LogP contribution in [0.5, 0.6) is 11.5 Å². The summed E-state index contributed by atoms with van der Waals surface area (Å²) in [5.41, 5.74) is 3.50. The first-order chi connectivity index (χ1) is 12.7. The third-order valence-corrected chi connectivity index (χ3v) is 4.31. The highest BCUT2D eigenvalue weighted by atomic mass is 16.5. The minimum atomic E-state index is 0.0731. The summed E-state index contributed by atoms with van der Waals surface area (Å²) in [6.07, 6.45) is 0.836. The van der Waals surface area contributed by atoms with E-state index in [0.717, 1.165) is 18.5 Å². The molecule has 0 spiro atoms. The van der Waals surface area contributed by atoms with Crippen molar-refractivity contribution in [1.82, 2.24) is 5.32 Å². The monoisotopic (exact) mass is 347 g/mol. The van der Waals surface area contributed by atoms with E-state index in [9.17, 15) is 5.11 Å². The molecule has 0 saturated carbocycles. The van der Waals surface area contributed by atoms with Crippen molar-refractivity contribution in [1.29, 1.82) is 0 Å². The average molecular weight is 347 g/mol. The number of nitrogens with one attached hydrogen (secondary N) is 1. The highest BCUT2D eigenvalue weighted by Crippen LogP contribution is 2.28. The van der Waals surface area contributed by atoms with Gasteiger partial charge in [0.2, 0.25) is 0 Å². The van der Waals surface area contributed by atoms with E-state index in [0.29, 0.717) is 12.4 Å². The molecule has 3 nitrogen and oxygen atoms in total. The largest absolute Gasteiger partial charge is 0.508 e. The van der Waals surface area contributed by atoms with Crippen molar-refractivity contribution in [2.45, 2.75) is 25.9 Å². The van der Waals surface area contributed by atoms with Gasteiger partial charge in [-0.3, -0.25) is 0 Å². The van der Waals surface area contributed by atoms with Gasteiger partial charge in [0.25, 0.3) is 0 Å². The van der Waals surface area contributed by atoms with Gasteiger partial charge in [-0.15, -0.1) is 0 Å². The van der Waals surface area contributed by atoms with Gasteiger partial charge in [0.1, 0.15) is 11.5 Å². The van der Waals surface area contributed by atoms with Crippen LogP contribution in [0.3, 0.4) is 0 Å². The Kier molecular flexibility index (Phi) is 6.29. The summed E-state index contributed by atoms with van der Waals surface area (Å²) in [6, 6.07) is 26.3. The molecule has 0 amide bonds. The minimum Gasteiger partial charge on any atom is -0.508 e. The van der Waals surface area contributed by atoms with E-state index in [2.05, 4.69) is 41.7 Å². The van der Waals surface area contributed by atoms with Crippen LogP contribution < -0.4 is 10.1 Å². The van der Waals surface area contributed by atoms with Gasteiger partial charge in [-0.05, 0) is 42.2 Å². The average Bonchev–Trinajstić information content (AvgIpc) is 2.66. The lowest BCUT2D eigenvalue weighted by molar-refractivity contribution is 0.336. The Balaban J connectivity index is 1.84. The summed E-state index contributed by atoms with van der Waals surface area (Å²) in [4.78, 5) is 0. The molecular weight excluding hydrogens is 322 g/mol. The van der Waals surface area contributed by atoms with Crippen molar-refractivity contribution in [3.63, 3.8) is 0 Å². The van der Waals surface area contributed by atoms with E-state index in [-0.39, 0.29) is 11.8 Å². The van der Waals surface area contributed by atoms with Crippen molar-refractivity contribution in [2.24, 2.45) is 0 Å². The first-order valence-corrected chi connectivity index (χ1v) is 9.02. The highest BCUT2D eigenvalue weighted by Gasteiger charge is 2.14. The van der Waals surface area contributed by atoms with Gasteiger partial charge in [-0.1, -0.05) is 60.7 Å². The van der Waals surface area contributed by atoms with E-state index in [4.69, 9.17) is 4.74 Å². The smallest absolute Gasteiger partial charge is 0.123 e. The van der Waals surface area contributed by atoms with Crippen LogP contribution in [0, 0.1) is 0 Å². The zero-order chi connectivity index (χ0) is 18.2. The lowest BCUT2D eigenvalue weighted by Crippen LogP contribution is -2.23. The summed E-state index contributed by atoms with van der Waals surface area (Å²) < 4.78 is 5.60. The van der Waals surface area contributed by atoms with E-state index in [1.165, 1.54) is 11.1 Å². The lowest BCUT2D eigenvalue weighted by Gasteiger charge is -2.21. The number of aromatic hydroxyl groups is 1. The Morgan fingerprint density at radius 2 is 1.54 bits per heavy atom. The van der Waals surface area contributed by atoms with Gasteiger partial charge in [-0.25, -0.2) is 0 Å². The van der Waals surface area contributed by atoms with Gasteiger partial charge < -0.3 is 15.2 Å². The first kappa shape index (κ1) is 18.0. The Morgan fingerprint density at radius 1 is 0.885 bits per heavy atom. The Hall–Kier alpha value is -2.78. The summed E-state index contributed by atoms with van der Waals surface area (Å²) in [5.74, 6) is 0.924. The maximum atomic E-state index is 10.1. The molecule has 26 heavy (non-hydrogen) atoms. The Bertz CT molecular complexity index is 803. The predicted octanol–water partition coefficient (Wildman–Crippen LogP) is 4.86. The zero-order valence-electron chi connectivity index (χ0n) is 15.1. The maximum absolute atomic E-state index is 10.1. The second-order valence-electron chi connectivity index (χ2n) is 6.30. The molecule has 2 N–H and O–H groups in total. The Labute approximate surface area is 155 Å². The first-order valence-electron chi connectivity index (χ1n) is 9.02. The molecule has 1 atom stereocenters. The number of hydrogen-bond donors (Lipinski definition) is 2. The third kappa shape index (κ3) is 5.11. The van der Waals surface area contributed by atoms with Crippen LogP contribution in [0.1, 0.15) is 29.7 Å². The van der Waals surface area contributed by atoms with Crippen LogP contribution in [-0.2, 0) is 13.0 Å². The molecule has 0 heterocycles. The molecule has 0 radical (unpaired) electrons. The van der Waals surface area contributed by atoms with Gasteiger partial charge in [0, 0.05) is 18.7 Å². The van der Waals surface area contributed by atoms with E-state index < -0.39 is 0 Å². The lowest BCUT2D eigenvalue weighted by atomic mass is 9.98. The molecule has 1 unspecified atom stereocenters. The molecular formula is C23H25NO2. The summed E-state index contributed by atoms with van der Waals surface area (Å²) >= 11 is 0. The molecule has 0 aromatic heterocycles. The third-order valence-electron chi connectivity index (χ3n) is 4.31.